The molecule has 1 N–H and O–H groups in total. The lowest BCUT2D eigenvalue weighted by molar-refractivity contribution is 0.576. The summed E-state index contributed by atoms with van der Waals surface area (Å²) in [5.74, 6) is -0.101. The number of rotatable bonds is 0. The molecule has 0 spiro atoms. The van der Waals surface area contributed by atoms with Crippen LogP contribution >= 0.6 is 22.6 Å². The highest BCUT2D eigenvalue weighted by Gasteiger charge is 2.27. The zero-order chi connectivity index (χ0) is 11.8. The lowest BCUT2D eigenvalue weighted by atomic mass is 10.1. The maximum absolute atomic E-state index is 13.7. The first-order chi connectivity index (χ1) is 8.25. The average molecular weight is 346 g/mol. The molecule has 1 fully saturated rings. The summed E-state index contributed by atoms with van der Waals surface area (Å²) in [6.07, 6.45) is 5.05. The quantitative estimate of drug-likeness (QED) is 0.722. The van der Waals surface area contributed by atoms with E-state index in [1.54, 1.807) is 6.07 Å². The van der Waals surface area contributed by atoms with Crippen LogP contribution in [0.4, 0.5) is 15.8 Å². The van der Waals surface area contributed by atoms with Crippen molar-refractivity contribution in [3.63, 3.8) is 0 Å². The van der Waals surface area contributed by atoms with Crippen LogP contribution in [-0.2, 0) is 0 Å². The van der Waals surface area contributed by atoms with Crippen molar-refractivity contribution in [2.45, 2.75) is 31.7 Å². The van der Waals surface area contributed by atoms with Crippen molar-refractivity contribution in [1.29, 1.82) is 0 Å². The van der Waals surface area contributed by atoms with Crippen LogP contribution in [0.2, 0.25) is 0 Å². The van der Waals surface area contributed by atoms with Gasteiger partial charge >= 0.3 is 0 Å². The number of nitrogens with zero attached hydrogens (tertiary/aromatic N) is 1. The van der Waals surface area contributed by atoms with Gasteiger partial charge in [0.1, 0.15) is 5.82 Å². The van der Waals surface area contributed by atoms with Crippen molar-refractivity contribution in [1.82, 2.24) is 0 Å². The topological polar surface area (TPSA) is 15.3 Å². The van der Waals surface area contributed by atoms with Gasteiger partial charge in [0, 0.05) is 25.2 Å². The van der Waals surface area contributed by atoms with Gasteiger partial charge in [-0.05, 0) is 41.5 Å². The summed E-state index contributed by atoms with van der Waals surface area (Å²) in [6.45, 7) is 2.06. The van der Waals surface area contributed by atoms with E-state index in [0.29, 0.717) is 9.61 Å². The highest BCUT2D eigenvalue weighted by molar-refractivity contribution is 14.1. The van der Waals surface area contributed by atoms with Gasteiger partial charge < -0.3 is 10.2 Å². The fourth-order valence-corrected chi connectivity index (χ4v) is 3.32. The van der Waals surface area contributed by atoms with Crippen molar-refractivity contribution in [3.05, 3.63) is 21.5 Å². The number of halogens is 2. The Balaban J connectivity index is 2.01. The van der Waals surface area contributed by atoms with Crippen LogP contribution in [0, 0.1) is 9.39 Å². The van der Waals surface area contributed by atoms with Gasteiger partial charge in [-0.1, -0.05) is 12.8 Å². The van der Waals surface area contributed by atoms with Gasteiger partial charge in [-0.3, -0.25) is 0 Å². The number of fused-ring (bicyclic) bond motifs is 3. The summed E-state index contributed by atoms with van der Waals surface area (Å²) in [5, 5.41) is 3.44. The smallest absolute Gasteiger partial charge is 0.138 e. The Hall–Kier alpha value is -0.520. The minimum absolute atomic E-state index is 0.101. The maximum Gasteiger partial charge on any atom is 0.138 e. The van der Waals surface area contributed by atoms with Crippen LogP contribution in [0.15, 0.2) is 12.1 Å². The second-order valence-electron chi connectivity index (χ2n) is 4.86. The SMILES string of the molecule is Fc1cc2c(cc1I)NCC1CCCCCN21. The van der Waals surface area contributed by atoms with Gasteiger partial charge in [0.05, 0.1) is 14.9 Å². The van der Waals surface area contributed by atoms with E-state index in [2.05, 4.69) is 32.8 Å². The van der Waals surface area contributed by atoms with Gasteiger partial charge in [-0.2, -0.15) is 0 Å². The summed E-state index contributed by atoms with van der Waals surface area (Å²) < 4.78 is 14.4. The molecule has 2 nitrogen and oxygen atoms in total. The predicted molar refractivity (Wildman–Crippen MR) is 77.2 cm³/mol. The van der Waals surface area contributed by atoms with Gasteiger partial charge in [0.25, 0.3) is 0 Å². The van der Waals surface area contributed by atoms with E-state index in [0.717, 1.165) is 24.5 Å². The van der Waals surface area contributed by atoms with Crippen molar-refractivity contribution in [2.24, 2.45) is 0 Å². The number of hydrogen-bond donors (Lipinski definition) is 1. The number of nitrogens with one attached hydrogen (secondary N) is 1. The third-order valence-electron chi connectivity index (χ3n) is 3.75. The van der Waals surface area contributed by atoms with E-state index in [1.807, 2.05) is 6.07 Å². The Labute approximate surface area is 115 Å². The first kappa shape index (κ1) is 11.6. The molecule has 1 aromatic carbocycles. The minimum atomic E-state index is -0.101. The molecule has 1 aromatic rings. The number of anilines is 2. The van der Waals surface area contributed by atoms with Gasteiger partial charge in [0.15, 0.2) is 0 Å². The monoisotopic (exact) mass is 346 g/mol. The van der Waals surface area contributed by atoms with E-state index >= 15 is 0 Å². The number of hydrogen-bond acceptors (Lipinski definition) is 2. The fraction of sp³-hybridized carbons (Fsp3) is 0.538. The fourth-order valence-electron chi connectivity index (χ4n) is 2.85. The largest absolute Gasteiger partial charge is 0.381 e. The average Bonchev–Trinajstić information content (AvgIpc) is 2.56. The Morgan fingerprint density at radius 2 is 2.18 bits per heavy atom. The highest BCUT2D eigenvalue weighted by atomic mass is 127. The van der Waals surface area contributed by atoms with Crippen molar-refractivity contribution in [3.8, 4) is 0 Å². The van der Waals surface area contributed by atoms with Crippen molar-refractivity contribution < 1.29 is 4.39 Å². The summed E-state index contributed by atoms with van der Waals surface area (Å²) in [4.78, 5) is 2.40. The molecule has 0 aliphatic carbocycles. The van der Waals surface area contributed by atoms with Crippen molar-refractivity contribution in [2.75, 3.05) is 23.3 Å². The van der Waals surface area contributed by atoms with E-state index in [9.17, 15) is 4.39 Å². The minimum Gasteiger partial charge on any atom is -0.381 e. The summed E-state index contributed by atoms with van der Waals surface area (Å²) in [7, 11) is 0. The third-order valence-corrected chi connectivity index (χ3v) is 4.58. The van der Waals surface area contributed by atoms with Crippen molar-refractivity contribution >= 4 is 34.0 Å². The van der Waals surface area contributed by atoms with Crippen LogP contribution in [-0.4, -0.2) is 19.1 Å². The molecule has 0 radical (unpaired) electrons. The van der Waals surface area contributed by atoms with E-state index in [4.69, 9.17) is 0 Å². The van der Waals surface area contributed by atoms with Gasteiger partial charge in [0.2, 0.25) is 0 Å². The van der Waals surface area contributed by atoms with Crippen LogP contribution in [0.3, 0.4) is 0 Å². The summed E-state index contributed by atoms with van der Waals surface area (Å²) >= 11 is 2.05. The highest BCUT2D eigenvalue weighted by Crippen LogP contribution is 2.36. The first-order valence-electron chi connectivity index (χ1n) is 6.25. The lowest BCUT2D eigenvalue weighted by Crippen LogP contribution is -2.43. The molecule has 0 bridgehead atoms. The van der Waals surface area contributed by atoms with Crippen LogP contribution < -0.4 is 10.2 Å². The third kappa shape index (κ3) is 2.11. The van der Waals surface area contributed by atoms with E-state index < -0.39 is 0 Å². The molecule has 1 saturated heterocycles. The second kappa shape index (κ2) is 4.63. The van der Waals surface area contributed by atoms with Gasteiger partial charge in [-0.25, -0.2) is 4.39 Å². The van der Waals surface area contributed by atoms with Crippen LogP contribution in [0.25, 0.3) is 0 Å². The standard InChI is InChI=1S/C13H16FIN2/c14-10-6-13-12(7-11(10)15)16-8-9-4-2-1-3-5-17(9)13/h6-7,9,16H,1-5,8H2. The molecule has 0 amide bonds. The zero-order valence-electron chi connectivity index (χ0n) is 9.68. The van der Waals surface area contributed by atoms with Crippen LogP contribution in [0.5, 0.6) is 0 Å². The second-order valence-corrected chi connectivity index (χ2v) is 6.02. The molecule has 17 heavy (non-hydrogen) atoms. The van der Waals surface area contributed by atoms with Crippen LogP contribution in [0.1, 0.15) is 25.7 Å². The summed E-state index contributed by atoms with van der Waals surface area (Å²) in [6, 6.07) is 4.16. The Morgan fingerprint density at radius 3 is 3.06 bits per heavy atom. The molecule has 92 valence electrons. The normalized spacial score (nSPS) is 23.4. The number of benzene rings is 1. The maximum atomic E-state index is 13.7. The molecule has 2 aliphatic rings. The molecule has 2 aliphatic heterocycles. The Bertz CT molecular complexity index is 436. The van der Waals surface area contributed by atoms with Gasteiger partial charge in [-0.15, -0.1) is 0 Å². The predicted octanol–water partition coefficient (Wildman–Crippen LogP) is 3.60. The molecular formula is C13H16FIN2. The molecule has 3 rings (SSSR count). The first-order valence-corrected chi connectivity index (χ1v) is 7.33. The molecule has 2 heterocycles. The molecule has 4 heteroatoms. The lowest BCUT2D eigenvalue weighted by Gasteiger charge is -2.38. The molecule has 1 unspecified atom stereocenters. The molecule has 0 aromatic heterocycles. The van der Waals surface area contributed by atoms with E-state index in [1.165, 1.54) is 25.7 Å². The molecular weight excluding hydrogens is 330 g/mol. The summed E-state index contributed by atoms with van der Waals surface area (Å²) in [5.41, 5.74) is 2.15. The Kier molecular flexibility index (Phi) is 3.15. The Morgan fingerprint density at radius 1 is 1.29 bits per heavy atom. The zero-order valence-corrected chi connectivity index (χ0v) is 11.8. The van der Waals surface area contributed by atoms with E-state index in [-0.39, 0.29) is 5.82 Å². The molecule has 0 saturated carbocycles. The molecule has 1 atom stereocenters.